The summed E-state index contributed by atoms with van der Waals surface area (Å²) >= 11 is 0. The van der Waals surface area contributed by atoms with Gasteiger partial charge in [0.05, 0.1) is 27.7 Å². The fourth-order valence-corrected chi connectivity index (χ4v) is 4.33. The number of esters is 2. The Labute approximate surface area is 261 Å². The molecule has 0 radical (unpaired) electrons. The number of hydrogen-bond donors (Lipinski definition) is 1. The first-order chi connectivity index (χ1) is 20.5. The molecular weight excluding hydrogens is 569 g/mol. The van der Waals surface area contributed by atoms with Gasteiger partial charge in [0.1, 0.15) is 19.8 Å². The topological polar surface area (TPSA) is 108 Å². The van der Waals surface area contributed by atoms with Crippen molar-refractivity contribution in [3.63, 3.8) is 0 Å². The van der Waals surface area contributed by atoms with Crippen molar-refractivity contribution in [1.82, 2.24) is 0 Å². The molecule has 0 spiro atoms. The van der Waals surface area contributed by atoms with Gasteiger partial charge >= 0.3 is 19.8 Å². The predicted molar refractivity (Wildman–Crippen MR) is 173 cm³/mol. The van der Waals surface area contributed by atoms with Crippen LogP contribution in [0.4, 0.5) is 0 Å². The van der Waals surface area contributed by atoms with Crippen LogP contribution in [0, 0.1) is 0 Å². The lowest BCUT2D eigenvalue weighted by atomic mass is 10.1. The van der Waals surface area contributed by atoms with Crippen LogP contribution in [0.25, 0.3) is 0 Å². The molecule has 2 unspecified atom stereocenters. The van der Waals surface area contributed by atoms with E-state index in [-0.39, 0.29) is 26.1 Å². The summed E-state index contributed by atoms with van der Waals surface area (Å²) in [6, 6.07) is 0. The average Bonchev–Trinajstić information content (AvgIpc) is 2.94. The summed E-state index contributed by atoms with van der Waals surface area (Å²) < 4.78 is 33.7. The number of unbranched alkanes of at least 4 members (excludes halogenated alkanes) is 5. The molecule has 1 N–H and O–H groups in total. The number of quaternary nitrogens is 1. The number of allylic oxidation sites excluding steroid dienone is 8. The normalized spacial score (nSPS) is 14.7. The Morgan fingerprint density at radius 2 is 1.33 bits per heavy atom. The van der Waals surface area contributed by atoms with E-state index in [0.717, 1.165) is 64.2 Å². The van der Waals surface area contributed by atoms with E-state index in [1.54, 1.807) is 0 Å². The van der Waals surface area contributed by atoms with Crippen LogP contribution in [0.2, 0.25) is 0 Å². The standard InChI is InChI=1S/C33H58NO8P/c1-6-8-10-12-13-14-15-16-17-18-19-20-21-22-24-26-33(36)42-31(29-39-32(35)25-23-11-9-7-2)30-41-43(37,38)40-28-27-34(3,4)5/h8,10,13-14,16-17,19-20,31H,6-7,9,11-12,15,18,21-30H2,1-5H3/p+1/b10-8-,14-13-,17-16-,20-19-. The monoisotopic (exact) mass is 628 g/mol. The fourth-order valence-electron chi connectivity index (χ4n) is 3.59. The maximum absolute atomic E-state index is 12.5. The lowest BCUT2D eigenvalue weighted by Crippen LogP contribution is -2.37. The van der Waals surface area contributed by atoms with E-state index >= 15 is 0 Å². The minimum absolute atomic E-state index is 0.0216. The smallest absolute Gasteiger partial charge is 0.462 e. The number of carbonyl (C=O) groups excluding carboxylic acids is 2. The highest BCUT2D eigenvalue weighted by atomic mass is 31.2. The third-order valence-electron chi connectivity index (χ3n) is 6.12. The van der Waals surface area contributed by atoms with Crippen molar-refractivity contribution in [2.45, 2.75) is 103 Å². The lowest BCUT2D eigenvalue weighted by molar-refractivity contribution is -0.870. The zero-order valence-corrected chi connectivity index (χ0v) is 28.3. The van der Waals surface area contributed by atoms with Crippen molar-refractivity contribution in [2.24, 2.45) is 0 Å². The molecule has 0 aromatic carbocycles. The van der Waals surface area contributed by atoms with Gasteiger partial charge in [-0.05, 0) is 51.4 Å². The van der Waals surface area contributed by atoms with Crippen molar-refractivity contribution in [1.29, 1.82) is 0 Å². The van der Waals surface area contributed by atoms with Crippen molar-refractivity contribution in [3.8, 4) is 0 Å². The van der Waals surface area contributed by atoms with Crippen LogP contribution >= 0.6 is 7.82 Å². The molecule has 10 heteroatoms. The Hall–Kier alpha value is -2.03. The van der Waals surface area contributed by atoms with Gasteiger partial charge in [0, 0.05) is 12.8 Å². The Morgan fingerprint density at radius 3 is 1.93 bits per heavy atom. The maximum atomic E-state index is 12.5. The number of phosphoric ester groups is 1. The summed E-state index contributed by atoms with van der Waals surface area (Å²) in [6.45, 7) is 4.07. The quantitative estimate of drug-likeness (QED) is 0.0325. The second-order valence-electron chi connectivity index (χ2n) is 11.5. The van der Waals surface area contributed by atoms with Crippen LogP contribution in [0.5, 0.6) is 0 Å². The maximum Gasteiger partial charge on any atom is 0.472 e. The number of nitrogens with zero attached hydrogens (tertiary/aromatic N) is 1. The third-order valence-corrected chi connectivity index (χ3v) is 7.11. The zero-order chi connectivity index (χ0) is 32.2. The number of ether oxygens (including phenoxy) is 2. The highest BCUT2D eigenvalue weighted by Gasteiger charge is 2.27. The zero-order valence-electron chi connectivity index (χ0n) is 27.4. The summed E-state index contributed by atoms with van der Waals surface area (Å²) in [5, 5.41) is 0. The summed E-state index contributed by atoms with van der Waals surface area (Å²) in [7, 11) is 1.43. The highest BCUT2D eigenvalue weighted by Crippen LogP contribution is 2.43. The fraction of sp³-hybridized carbons (Fsp3) is 0.697. The number of carbonyl (C=O) groups is 2. The minimum atomic E-state index is -4.36. The molecule has 0 saturated heterocycles. The molecule has 0 bridgehead atoms. The van der Waals surface area contributed by atoms with Crippen LogP contribution < -0.4 is 0 Å². The first kappa shape index (κ1) is 41.0. The van der Waals surface area contributed by atoms with Crippen LogP contribution in [-0.4, -0.2) is 74.9 Å². The van der Waals surface area contributed by atoms with E-state index < -0.39 is 32.5 Å². The molecule has 0 amide bonds. The number of phosphoric acid groups is 1. The first-order valence-corrected chi connectivity index (χ1v) is 17.4. The molecule has 0 aliphatic carbocycles. The minimum Gasteiger partial charge on any atom is -0.462 e. The molecule has 2 atom stereocenters. The third kappa shape index (κ3) is 29.8. The van der Waals surface area contributed by atoms with Gasteiger partial charge in [0.2, 0.25) is 0 Å². The van der Waals surface area contributed by atoms with Crippen molar-refractivity contribution in [2.75, 3.05) is 47.5 Å². The Morgan fingerprint density at radius 1 is 0.744 bits per heavy atom. The molecule has 43 heavy (non-hydrogen) atoms. The average molecular weight is 629 g/mol. The number of hydrogen-bond acceptors (Lipinski definition) is 7. The molecule has 0 rings (SSSR count). The summed E-state index contributed by atoms with van der Waals surface area (Å²) in [4.78, 5) is 34.6. The lowest BCUT2D eigenvalue weighted by Gasteiger charge is -2.24. The Bertz CT molecular complexity index is 892. The molecule has 0 heterocycles. The van der Waals surface area contributed by atoms with Gasteiger partial charge < -0.3 is 18.9 Å². The molecule has 0 aromatic heterocycles. The molecule has 9 nitrogen and oxygen atoms in total. The first-order valence-electron chi connectivity index (χ1n) is 15.9. The van der Waals surface area contributed by atoms with E-state index in [2.05, 4.69) is 62.5 Å². The van der Waals surface area contributed by atoms with Gasteiger partial charge in [-0.3, -0.25) is 18.6 Å². The van der Waals surface area contributed by atoms with Crippen molar-refractivity contribution in [3.05, 3.63) is 48.6 Å². The van der Waals surface area contributed by atoms with E-state index in [0.29, 0.717) is 17.4 Å². The van der Waals surface area contributed by atoms with Crippen LogP contribution in [0.1, 0.15) is 97.3 Å². The van der Waals surface area contributed by atoms with Gasteiger partial charge in [-0.1, -0.05) is 81.7 Å². The Balaban J connectivity index is 4.52. The second-order valence-corrected chi connectivity index (χ2v) is 12.9. The van der Waals surface area contributed by atoms with E-state index in [1.807, 2.05) is 21.1 Å². The van der Waals surface area contributed by atoms with E-state index in [9.17, 15) is 19.0 Å². The van der Waals surface area contributed by atoms with E-state index in [4.69, 9.17) is 18.5 Å². The SMILES string of the molecule is CC/C=C\C/C=C\C/C=C\C/C=C\CCCCC(=O)OC(COC(=O)CCCCCC)COP(=O)(O)OCC[N+](C)(C)C. The summed E-state index contributed by atoms with van der Waals surface area (Å²) in [6.07, 6.45) is 26.6. The predicted octanol–water partition coefficient (Wildman–Crippen LogP) is 7.62. The molecule has 0 saturated carbocycles. The van der Waals surface area contributed by atoms with Gasteiger partial charge in [-0.2, -0.15) is 0 Å². The molecule has 248 valence electrons. The number of rotatable bonds is 27. The highest BCUT2D eigenvalue weighted by molar-refractivity contribution is 7.47. The molecule has 0 aliphatic rings. The van der Waals surface area contributed by atoms with Gasteiger partial charge in [0.25, 0.3) is 0 Å². The van der Waals surface area contributed by atoms with Gasteiger partial charge in [-0.15, -0.1) is 0 Å². The van der Waals surface area contributed by atoms with Gasteiger partial charge in [-0.25, -0.2) is 4.57 Å². The molecule has 0 aromatic rings. The second kappa shape index (κ2) is 26.4. The van der Waals surface area contributed by atoms with Gasteiger partial charge in [0.15, 0.2) is 6.10 Å². The summed E-state index contributed by atoms with van der Waals surface area (Å²) in [5.41, 5.74) is 0. The van der Waals surface area contributed by atoms with E-state index in [1.165, 1.54) is 0 Å². The molecule has 0 fully saturated rings. The van der Waals surface area contributed by atoms with Crippen LogP contribution in [0.3, 0.4) is 0 Å². The largest absolute Gasteiger partial charge is 0.472 e. The summed E-state index contributed by atoms with van der Waals surface area (Å²) in [5.74, 6) is -0.877. The van der Waals surface area contributed by atoms with Crippen molar-refractivity contribution < 1.29 is 42.1 Å². The number of likely N-dealkylation sites (N-methyl/N-ethyl adjacent to an activating group) is 1. The molecule has 0 aliphatic heterocycles. The van der Waals surface area contributed by atoms with Crippen LogP contribution in [-0.2, 0) is 32.7 Å². The Kier molecular flexibility index (Phi) is 25.1. The van der Waals surface area contributed by atoms with Crippen LogP contribution in [0.15, 0.2) is 48.6 Å². The van der Waals surface area contributed by atoms with Crippen molar-refractivity contribution >= 4 is 19.8 Å². The molecular formula is C33H59NO8P+.